The Hall–Kier alpha value is -1.68. The molecule has 0 saturated carbocycles. The zero-order chi connectivity index (χ0) is 12.3. The van der Waals surface area contributed by atoms with Crippen LogP contribution in [0.2, 0.25) is 0 Å². The molecule has 1 aromatic heterocycles. The Labute approximate surface area is 98.4 Å². The largest absolute Gasteiger partial charge is 0.383 e. The molecule has 0 aliphatic heterocycles. The van der Waals surface area contributed by atoms with Gasteiger partial charge < -0.3 is 9.30 Å². The number of hydrogen-bond acceptors (Lipinski definition) is 1. The van der Waals surface area contributed by atoms with Gasteiger partial charge in [0.05, 0.1) is 6.61 Å². The van der Waals surface area contributed by atoms with Gasteiger partial charge in [-0.2, -0.15) is 0 Å². The minimum absolute atomic E-state index is 0.540. The van der Waals surface area contributed by atoms with E-state index in [-0.39, 0.29) is 0 Å². The van der Waals surface area contributed by atoms with E-state index in [1.54, 1.807) is 7.11 Å². The molecular weight excluding hydrogens is 224 g/mol. The first-order valence-electron chi connectivity index (χ1n) is 5.30. The average molecular weight is 237 g/mol. The van der Waals surface area contributed by atoms with E-state index in [2.05, 4.69) is 0 Å². The maximum Gasteiger partial charge on any atom is 0.126 e. The first kappa shape index (κ1) is 11.8. The highest BCUT2D eigenvalue weighted by Gasteiger charge is 2.04. The lowest BCUT2D eigenvalue weighted by Gasteiger charge is -2.01. The number of nitrogens with zero attached hydrogens (tertiary/aromatic N) is 1. The van der Waals surface area contributed by atoms with Crippen molar-refractivity contribution >= 4 is 0 Å². The van der Waals surface area contributed by atoms with Crippen molar-refractivity contribution in [3.8, 4) is 11.1 Å². The molecule has 0 atom stereocenters. The lowest BCUT2D eigenvalue weighted by atomic mass is 10.1. The van der Waals surface area contributed by atoms with Crippen LogP contribution in [-0.2, 0) is 11.3 Å². The van der Waals surface area contributed by atoms with Crippen LogP contribution in [0, 0.1) is 11.6 Å². The summed E-state index contributed by atoms with van der Waals surface area (Å²) in [5.74, 6) is -1.13. The second-order valence-electron chi connectivity index (χ2n) is 3.79. The number of benzene rings is 1. The summed E-state index contributed by atoms with van der Waals surface area (Å²) in [6.07, 6.45) is 3.70. The maximum absolute atomic E-state index is 13.1. The summed E-state index contributed by atoms with van der Waals surface area (Å²) < 4.78 is 33.0. The average Bonchev–Trinajstić information content (AvgIpc) is 2.73. The van der Waals surface area contributed by atoms with Crippen LogP contribution in [0.15, 0.2) is 36.7 Å². The third kappa shape index (κ3) is 2.91. The molecule has 0 saturated heterocycles. The smallest absolute Gasteiger partial charge is 0.126 e. The van der Waals surface area contributed by atoms with Gasteiger partial charge in [0.2, 0.25) is 0 Å². The van der Waals surface area contributed by atoms with Gasteiger partial charge in [0, 0.05) is 32.1 Å². The van der Waals surface area contributed by atoms with Crippen molar-refractivity contribution in [1.82, 2.24) is 4.57 Å². The number of rotatable bonds is 4. The van der Waals surface area contributed by atoms with Crippen molar-refractivity contribution in [3.63, 3.8) is 0 Å². The Morgan fingerprint density at radius 2 is 1.82 bits per heavy atom. The van der Waals surface area contributed by atoms with E-state index in [1.165, 1.54) is 12.1 Å². The molecular formula is C13H13F2NO. The Balaban J connectivity index is 2.24. The molecule has 4 heteroatoms. The van der Waals surface area contributed by atoms with Crippen LogP contribution < -0.4 is 0 Å². The van der Waals surface area contributed by atoms with Gasteiger partial charge in [-0.1, -0.05) is 0 Å². The van der Waals surface area contributed by atoms with E-state index < -0.39 is 11.6 Å². The minimum atomic E-state index is -0.565. The molecule has 0 N–H and O–H groups in total. The van der Waals surface area contributed by atoms with Gasteiger partial charge in [0.15, 0.2) is 0 Å². The van der Waals surface area contributed by atoms with Gasteiger partial charge in [-0.15, -0.1) is 0 Å². The molecule has 2 nitrogen and oxygen atoms in total. The first-order chi connectivity index (χ1) is 8.19. The molecule has 1 aromatic carbocycles. The molecule has 0 bridgehead atoms. The van der Waals surface area contributed by atoms with Crippen LogP contribution in [0.1, 0.15) is 0 Å². The van der Waals surface area contributed by atoms with Crippen molar-refractivity contribution in [1.29, 1.82) is 0 Å². The molecule has 2 rings (SSSR count). The van der Waals surface area contributed by atoms with E-state index in [1.807, 2.05) is 23.0 Å². The fourth-order valence-electron chi connectivity index (χ4n) is 1.67. The number of ether oxygens (including phenoxy) is 1. The topological polar surface area (TPSA) is 14.2 Å². The van der Waals surface area contributed by atoms with Crippen LogP contribution >= 0.6 is 0 Å². The molecule has 0 spiro atoms. The predicted octanol–water partition coefficient (Wildman–Crippen LogP) is 3.08. The molecule has 0 amide bonds. The monoisotopic (exact) mass is 237 g/mol. The fourth-order valence-corrected chi connectivity index (χ4v) is 1.67. The molecule has 0 aliphatic rings. The highest BCUT2D eigenvalue weighted by atomic mass is 19.1. The second-order valence-corrected chi connectivity index (χ2v) is 3.79. The van der Waals surface area contributed by atoms with Crippen LogP contribution in [-0.4, -0.2) is 18.3 Å². The normalized spacial score (nSPS) is 10.8. The van der Waals surface area contributed by atoms with Crippen molar-refractivity contribution in [2.24, 2.45) is 0 Å². The SMILES string of the molecule is COCCn1ccc(-c2cc(F)cc(F)c2)c1. The quantitative estimate of drug-likeness (QED) is 0.797. The van der Waals surface area contributed by atoms with Crippen LogP contribution in [0.4, 0.5) is 8.78 Å². The predicted molar refractivity (Wildman–Crippen MR) is 61.7 cm³/mol. The number of aromatic nitrogens is 1. The van der Waals surface area contributed by atoms with Gasteiger partial charge >= 0.3 is 0 Å². The Bertz CT molecular complexity index is 488. The van der Waals surface area contributed by atoms with Gasteiger partial charge in [-0.25, -0.2) is 8.78 Å². The summed E-state index contributed by atoms with van der Waals surface area (Å²) in [5, 5.41) is 0. The van der Waals surface area contributed by atoms with Gasteiger partial charge in [0.25, 0.3) is 0 Å². The Morgan fingerprint density at radius 3 is 2.47 bits per heavy atom. The van der Waals surface area contributed by atoms with Crippen LogP contribution in [0.5, 0.6) is 0 Å². The third-order valence-corrected chi connectivity index (χ3v) is 2.50. The van der Waals surface area contributed by atoms with E-state index in [0.29, 0.717) is 18.7 Å². The first-order valence-corrected chi connectivity index (χ1v) is 5.30. The molecule has 0 radical (unpaired) electrons. The van der Waals surface area contributed by atoms with E-state index in [0.717, 1.165) is 11.6 Å². The zero-order valence-electron chi connectivity index (χ0n) is 9.49. The summed E-state index contributed by atoms with van der Waals surface area (Å²) in [6.45, 7) is 1.32. The fraction of sp³-hybridized carbons (Fsp3) is 0.231. The molecule has 17 heavy (non-hydrogen) atoms. The second kappa shape index (κ2) is 5.10. The zero-order valence-corrected chi connectivity index (χ0v) is 9.49. The molecule has 0 unspecified atom stereocenters. The van der Waals surface area contributed by atoms with Crippen molar-refractivity contribution in [2.45, 2.75) is 6.54 Å². The number of hydrogen-bond donors (Lipinski definition) is 0. The van der Waals surface area contributed by atoms with Crippen molar-refractivity contribution in [3.05, 3.63) is 48.3 Å². The molecule has 1 heterocycles. The highest BCUT2D eigenvalue weighted by Crippen LogP contribution is 2.21. The number of methoxy groups -OCH3 is 1. The summed E-state index contributed by atoms with van der Waals surface area (Å²) in [4.78, 5) is 0. The van der Waals surface area contributed by atoms with Gasteiger partial charge in [-0.3, -0.25) is 0 Å². The lowest BCUT2D eigenvalue weighted by Crippen LogP contribution is -2.00. The molecule has 90 valence electrons. The number of halogens is 2. The van der Waals surface area contributed by atoms with Crippen molar-refractivity contribution in [2.75, 3.05) is 13.7 Å². The van der Waals surface area contributed by atoms with Crippen LogP contribution in [0.25, 0.3) is 11.1 Å². The summed E-state index contributed by atoms with van der Waals surface area (Å²) >= 11 is 0. The van der Waals surface area contributed by atoms with Crippen molar-refractivity contribution < 1.29 is 13.5 Å². The van der Waals surface area contributed by atoms with Crippen LogP contribution in [0.3, 0.4) is 0 Å². The molecule has 0 aliphatic carbocycles. The highest BCUT2D eigenvalue weighted by molar-refractivity contribution is 5.62. The molecule has 0 fully saturated rings. The Kier molecular flexibility index (Phi) is 3.54. The Morgan fingerprint density at radius 1 is 1.12 bits per heavy atom. The van der Waals surface area contributed by atoms with E-state index in [4.69, 9.17) is 4.74 Å². The summed E-state index contributed by atoms with van der Waals surface area (Å²) in [5.41, 5.74) is 1.33. The third-order valence-electron chi connectivity index (χ3n) is 2.50. The maximum atomic E-state index is 13.1. The van der Waals surface area contributed by atoms with E-state index >= 15 is 0 Å². The minimum Gasteiger partial charge on any atom is -0.383 e. The van der Waals surface area contributed by atoms with Gasteiger partial charge in [-0.05, 0) is 29.3 Å². The van der Waals surface area contributed by atoms with Gasteiger partial charge in [0.1, 0.15) is 11.6 Å². The summed E-state index contributed by atoms with van der Waals surface area (Å²) in [6, 6.07) is 5.33. The van der Waals surface area contributed by atoms with E-state index in [9.17, 15) is 8.78 Å². The summed E-state index contributed by atoms with van der Waals surface area (Å²) in [7, 11) is 1.63. The lowest BCUT2D eigenvalue weighted by molar-refractivity contribution is 0.187. The molecule has 2 aromatic rings. The standard InChI is InChI=1S/C13H13F2NO/c1-17-5-4-16-3-2-10(9-16)11-6-12(14)8-13(15)7-11/h2-3,6-9H,4-5H2,1H3.